The molecule has 314 valence electrons. The third-order valence-corrected chi connectivity index (χ3v) is 14.3. The number of likely N-dealkylation sites (N-methyl/N-ethyl adjacent to an activating group) is 1. The summed E-state index contributed by atoms with van der Waals surface area (Å²) in [5, 5.41) is 1.47. The lowest BCUT2D eigenvalue weighted by Gasteiger charge is -2.55. The van der Waals surface area contributed by atoms with E-state index in [-0.39, 0.29) is 29.7 Å². The average Bonchev–Trinajstić information content (AvgIpc) is 3.53. The molecule has 6 aliphatic rings. The highest BCUT2D eigenvalue weighted by Crippen LogP contribution is 2.44. The molecule has 1 spiro atoms. The SMILES string of the molecule is COc1cc(-c2cn(C)c(=O)c3cnc(N4CCC4)cc23)cc(OC)c1CN1CC(CN2CCC3(CC2)CN(c2ccc4c(c2)C(=O)N(C2CCC(=O)N(C)C2=O)C4)C3)C1. The van der Waals surface area contributed by atoms with Gasteiger partial charge in [0.15, 0.2) is 0 Å². The van der Waals surface area contributed by atoms with Gasteiger partial charge in [-0.1, -0.05) is 6.07 Å². The minimum Gasteiger partial charge on any atom is -0.496 e. The lowest BCUT2D eigenvalue weighted by molar-refractivity contribution is -0.150. The Morgan fingerprint density at radius 1 is 0.833 bits per heavy atom. The summed E-state index contributed by atoms with van der Waals surface area (Å²) in [6, 6.07) is 11.8. The second-order valence-electron chi connectivity index (χ2n) is 18.1. The van der Waals surface area contributed by atoms with Crippen LogP contribution in [-0.4, -0.2) is 133 Å². The molecule has 1 unspecified atom stereocenters. The van der Waals surface area contributed by atoms with Gasteiger partial charge >= 0.3 is 0 Å². The largest absolute Gasteiger partial charge is 0.496 e. The number of hydrogen-bond donors (Lipinski definition) is 0. The Morgan fingerprint density at radius 3 is 2.25 bits per heavy atom. The van der Waals surface area contributed by atoms with Gasteiger partial charge in [-0.15, -0.1) is 0 Å². The first-order chi connectivity index (χ1) is 29.0. The smallest absolute Gasteiger partial charge is 0.259 e. The molecule has 0 radical (unpaired) electrons. The molecule has 1 atom stereocenters. The molecule has 8 heterocycles. The maximum atomic E-state index is 13.5. The Labute approximate surface area is 350 Å². The number of nitrogens with zero attached hydrogens (tertiary/aromatic N) is 8. The van der Waals surface area contributed by atoms with E-state index in [1.165, 1.54) is 24.8 Å². The van der Waals surface area contributed by atoms with Gasteiger partial charge in [0.05, 0.1) is 25.2 Å². The number of carbonyl (C=O) groups is 3. The highest BCUT2D eigenvalue weighted by atomic mass is 16.5. The van der Waals surface area contributed by atoms with E-state index in [1.807, 2.05) is 24.4 Å². The van der Waals surface area contributed by atoms with E-state index in [9.17, 15) is 19.2 Å². The van der Waals surface area contributed by atoms with Crippen LogP contribution in [0, 0.1) is 11.3 Å². The molecular weight excluding hydrogens is 761 g/mol. The fraction of sp³-hybridized carbons (Fsp3) is 0.500. The fourth-order valence-corrected chi connectivity index (χ4v) is 10.5. The van der Waals surface area contributed by atoms with Crippen molar-refractivity contribution in [2.24, 2.45) is 18.4 Å². The number of amides is 3. The quantitative estimate of drug-likeness (QED) is 0.216. The predicted octanol–water partition coefficient (Wildman–Crippen LogP) is 3.97. The van der Waals surface area contributed by atoms with Crippen LogP contribution in [0.1, 0.15) is 53.6 Å². The average molecular weight is 815 g/mol. The molecule has 10 rings (SSSR count). The van der Waals surface area contributed by atoms with Crippen molar-refractivity contribution in [1.29, 1.82) is 0 Å². The van der Waals surface area contributed by atoms with Gasteiger partial charge in [0.2, 0.25) is 5.91 Å². The molecule has 14 nitrogen and oxygen atoms in total. The minimum absolute atomic E-state index is 0.0670. The van der Waals surface area contributed by atoms with E-state index in [4.69, 9.17) is 9.47 Å². The lowest BCUT2D eigenvalue weighted by atomic mass is 9.71. The monoisotopic (exact) mass is 814 g/mol. The molecule has 14 heteroatoms. The molecule has 3 amide bonds. The first-order valence-electron chi connectivity index (χ1n) is 21.4. The lowest BCUT2D eigenvalue weighted by Crippen LogP contribution is -2.61. The molecule has 0 N–H and O–H groups in total. The van der Waals surface area contributed by atoms with Crippen LogP contribution in [-0.2, 0) is 29.7 Å². The van der Waals surface area contributed by atoms with Crippen LogP contribution in [0.5, 0.6) is 11.5 Å². The Morgan fingerprint density at radius 2 is 1.57 bits per heavy atom. The first-order valence-corrected chi connectivity index (χ1v) is 21.4. The summed E-state index contributed by atoms with van der Waals surface area (Å²) in [6.45, 7) is 10.5. The number of benzene rings is 2. The van der Waals surface area contributed by atoms with Gasteiger partial charge in [0.1, 0.15) is 23.4 Å². The highest BCUT2D eigenvalue weighted by molar-refractivity contribution is 6.05. The van der Waals surface area contributed by atoms with Crippen molar-refractivity contribution in [2.75, 3.05) is 90.0 Å². The fourth-order valence-electron chi connectivity index (χ4n) is 10.5. The molecule has 6 aliphatic heterocycles. The number of anilines is 2. The molecule has 0 saturated carbocycles. The van der Waals surface area contributed by atoms with Crippen LogP contribution < -0.4 is 24.8 Å². The van der Waals surface area contributed by atoms with Crippen molar-refractivity contribution >= 4 is 40.0 Å². The van der Waals surface area contributed by atoms with Crippen LogP contribution in [0.2, 0.25) is 0 Å². The molecule has 5 fully saturated rings. The van der Waals surface area contributed by atoms with Crippen molar-refractivity contribution in [3.8, 4) is 22.6 Å². The number of carbonyl (C=O) groups excluding carboxylic acids is 3. The number of ether oxygens (including phenoxy) is 2. The van der Waals surface area contributed by atoms with E-state index >= 15 is 0 Å². The van der Waals surface area contributed by atoms with Gasteiger partial charge in [0.25, 0.3) is 17.4 Å². The summed E-state index contributed by atoms with van der Waals surface area (Å²) in [5.41, 5.74) is 5.86. The van der Waals surface area contributed by atoms with Gasteiger partial charge in [0, 0.05) is 119 Å². The van der Waals surface area contributed by atoms with Crippen molar-refractivity contribution in [1.82, 2.24) is 29.2 Å². The number of likely N-dealkylation sites (tertiary alicyclic amines) is 3. The van der Waals surface area contributed by atoms with Gasteiger partial charge in [-0.3, -0.25) is 29.0 Å². The van der Waals surface area contributed by atoms with E-state index < -0.39 is 6.04 Å². The first kappa shape index (κ1) is 38.7. The predicted molar refractivity (Wildman–Crippen MR) is 229 cm³/mol. The number of methoxy groups -OCH3 is 2. The van der Waals surface area contributed by atoms with Crippen molar-refractivity contribution < 1.29 is 23.9 Å². The van der Waals surface area contributed by atoms with Crippen LogP contribution in [0.15, 0.2) is 53.6 Å². The Balaban J connectivity index is 0.733. The Kier molecular flexibility index (Phi) is 9.62. The Hall–Kier alpha value is -5.47. The molecule has 4 aromatic rings. The van der Waals surface area contributed by atoms with E-state index in [0.717, 1.165) is 123 Å². The number of imide groups is 1. The second-order valence-corrected chi connectivity index (χ2v) is 18.1. The molecule has 2 aromatic heterocycles. The van der Waals surface area contributed by atoms with Gasteiger partial charge in [-0.05, 0) is 86.1 Å². The minimum atomic E-state index is -0.578. The molecule has 0 bridgehead atoms. The van der Waals surface area contributed by atoms with Gasteiger partial charge < -0.3 is 33.6 Å². The topological polar surface area (TPSA) is 124 Å². The standard InChI is InChI=1S/C46H54N8O6/c1-48-25-36(34-19-41(52-12-5-13-52)47-20-35(34)43(48)56)31-16-39(59-3)37(40(17-31)60-4)26-51-22-29(23-51)21-50-14-10-46(11-15-50)27-53(28-46)32-7-6-30-24-54(44(57)33(30)18-32)38-8-9-42(55)49(2)45(38)58/h6-7,16-20,25,29,38H,5,8-15,21-24,26-28H2,1-4H3. The molecular formula is C46H54N8O6. The number of hydrogen-bond acceptors (Lipinski definition) is 11. The second kappa shape index (κ2) is 14.9. The van der Waals surface area contributed by atoms with Crippen LogP contribution in [0.3, 0.4) is 0 Å². The number of pyridine rings is 2. The van der Waals surface area contributed by atoms with Crippen LogP contribution >= 0.6 is 0 Å². The molecule has 5 saturated heterocycles. The molecule has 0 aliphatic carbocycles. The summed E-state index contributed by atoms with van der Waals surface area (Å²) in [7, 11) is 6.71. The zero-order valence-electron chi connectivity index (χ0n) is 35.1. The Bertz CT molecular complexity index is 2430. The number of fused-ring (bicyclic) bond motifs is 2. The highest BCUT2D eigenvalue weighted by Gasteiger charge is 2.46. The van der Waals surface area contributed by atoms with E-state index in [2.05, 4.69) is 42.8 Å². The summed E-state index contributed by atoms with van der Waals surface area (Å²) < 4.78 is 13.6. The maximum Gasteiger partial charge on any atom is 0.259 e. The number of aryl methyl sites for hydroxylation is 1. The number of rotatable bonds is 10. The van der Waals surface area contributed by atoms with Crippen molar-refractivity contribution in [3.63, 3.8) is 0 Å². The molecule has 60 heavy (non-hydrogen) atoms. The van der Waals surface area contributed by atoms with E-state index in [0.29, 0.717) is 35.2 Å². The van der Waals surface area contributed by atoms with Crippen molar-refractivity contribution in [3.05, 3.63) is 75.8 Å². The van der Waals surface area contributed by atoms with Crippen molar-refractivity contribution in [2.45, 2.75) is 51.2 Å². The third-order valence-electron chi connectivity index (χ3n) is 14.3. The molecule has 2 aromatic carbocycles. The summed E-state index contributed by atoms with van der Waals surface area (Å²) in [6.07, 6.45) is 7.79. The zero-order chi connectivity index (χ0) is 41.4. The normalized spacial score (nSPS) is 22.0. The van der Waals surface area contributed by atoms with Crippen LogP contribution in [0.4, 0.5) is 11.5 Å². The summed E-state index contributed by atoms with van der Waals surface area (Å²) in [5.74, 6) is 2.49. The number of piperidine rings is 2. The summed E-state index contributed by atoms with van der Waals surface area (Å²) >= 11 is 0. The van der Waals surface area contributed by atoms with E-state index in [1.54, 1.807) is 36.9 Å². The zero-order valence-corrected chi connectivity index (χ0v) is 35.1. The van der Waals surface area contributed by atoms with Gasteiger partial charge in [-0.2, -0.15) is 0 Å². The van der Waals surface area contributed by atoms with Crippen LogP contribution in [0.25, 0.3) is 21.9 Å². The summed E-state index contributed by atoms with van der Waals surface area (Å²) in [4.78, 5) is 68.7. The third kappa shape index (κ3) is 6.59. The number of aromatic nitrogens is 2. The maximum absolute atomic E-state index is 13.5. The van der Waals surface area contributed by atoms with Gasteiger partial charge in [-0.25, -0.2) is 4.98 Å².